The lowest BCUT2D eigenvalue weighted by atomic mass is 10.1. The number of aromatic nitrogens is 2. The third kappa shape index (κ3) is 7.44. The highest BCUT2D eigenvalue weighted by Gasteiger charge is 2.27. The first kappa shape index (κ1) is 32.6. The summed E-state index contributed by atoms with van der Waals surface area (Å²) in [4.78, 5) is 41.8. The average Bonchev–Trinajstić information content (AvgIpc) is 3.47. The van der Waals surface area contributed by atoms with Gasteiger partial charge in [0.25, 0.3) is 5.91 Å². The van der Waals surface area contributed by atoms with Gasteiger partial charge in [-0.3, -0.25) is 14.6 Å². The first-order valence-electron chi connectivity index (χ1n) is 15.8. The first-order valence-corrected chi connectivity index (χ1v) is 16.6. The molecule has 1 atom stereocenters. The summed E-state index contributed by atoms with van der Waals surface area (Å²) in [5.74, 6) is -0.323. The Kier molecular flexibility index (Phi) is 9.91. The lowest BCUT2D eigenvalue weighted by molar-refractivity contribution is -0.121. The number of anilines is 1. The van der Waals surface area contributed by atoms with Crippen LogP contribution in [0.1, 0.15) is 29.2 Å². The smallest absolute Gasteiger partial charge is 0.254 e. The maximum absolute atomic E-state index is 13.7. The first-order chi connectivity index (χ1) is 23.3. The van der Waals surface area contributed by atoms with Gasteiger partial charge in [0.2, 0.25) is 5.91 Å². The highest BCUT2D eigenvalue weighted by Crippen LogP contribution is 2.35. The lowest BCUT2D eigenvalue weighted by Gasteiger charge is -2.36. The van der Waals surface area contributed by atoms with Gasteiger partial charge < -0.3 is 31.6 Å². The number of halogens is 1. The molecule has 1 aliphatic rings. The van der Waals surface area contributed by atoms with Crippen molar-refractivity contribution in [3.8, 4) is 11.4 Å². The maximum Gasteiger partial charge on any atom is 0.254 e. The summed E-state index contributed by atoms with van der Waals surface area (Å²) in [6.45, 7) is 2.68. The van der Waals surface area contributed by atoms with E-state index in [4.69, 9.17) is 22.2 Å². The Morgan fingerprint density at radius 3 is 2.29 bits per heavy atom. The molecule has 2 heterocycles. The molecule has 1 fully saturated rings. The molecule has 0 radical (unpaired) electrons. The van der Waals surface area contributed by atoms with Crippen LogP contribution in [0.4, 0.5) is 10.1 Å². The number of hydrogen-bond acceptors (Lipinski definition) is 6. The van der Waals surface area contributed by atoms with Crippen LogP contribution in [0.25, 0.3) is 22.4 Å². The third-order valence-electron chi connectivity index (χ3n) is 8.34. The molecule has 0 aliphatic carbocycles. The molecular formula is C36H37FN8O2S. The monoisotopic (exact) mass is 664 g/mol. The number of primary amides is 1. The van der Waals surface area contributed by atoms with Gasteiger partial charge in [-0.2, -0.15) is 0 Å². The quantitative estimate of drug-likeness (QED) is 0.102. The Labute approximate surface area is 282 Å². The Morgan fingerprint density at radius 1 is 0.854 bits per heavy atom. The molecule has 2 amide bonds. The lowest BCUT2D eigenvalue weighted by Crippen LogP contribution is -2.48. The van der Waals surface area contributed by atoms with E-state index in [0.717, 1.165) is 21.0 Å². The number of nitrogens with two attached hydrogens (primary N) is 3. The topological polar surface area (TPSA) is 149 Å². The van der Waals surface area contributed by atoms with Crippen LogP contribution in [-0.2, 0) is 4.79 Å². The van der Waals surface area contributed by atoms with E-state index in [1.807, 2.05) is 70.1 Å². The SMILES string of the molecule is NC(=O)[C@H](CCCN=C(N)N)n1c(-c2cccc(Sc3ccccc3)c2)nc2cc(C(=O)N3CCN(c4ccc(F)cc4)CC3)ccc21. The second kappa shape index (κ2) is 14.6. The number of rotatable bonds is 11. The van der Waals surface area contributed by atoms with Gasteiger partial charge in [0.15, 0.2) is 5.96 Å². The van der Waals surface area contributed by atoms with Crippen LogP contribution < -0.4 is 22.1 Å². The van der Waals surface area contributed by atoms with Crippen LogP contribution in [0.3, 0.4) is 0 Å². The third-order valence-corrected chi connectivity index (χ3v) is 9.33. The summed E-state index contributed by atoms with van der Waals surface area (Å²) < 4.78 is 15.3. The van der Waals surface area contributed by atoms with E-state index in [9.17, 15) is 14.0 Å². The predicted molar refractivity (Wildman–Crippen MR) is 188 cm³/mol. The van der Waals surface area contributed by atoms with Crippen LogP contribution in [-0.4, -0.2) is 64.9 Å². The van der Waals surface area contributed by atoms with Crippen molar-refractivity contribution in [1.29, 1.82) is 0 Å². The number of amides is 2. The highest BCUT2D eigenvalue weighted by molar-refractivity contribution is 7.99. The molecule has 48 heavy (non-hydrogen) atoms. The van der Waals surface area contributed by atoms with E-state index in [1.54, 1.807) is 36.0 Å². The Morgan fingerprint density at radius 2 is 1.58 bits per heavy atom. The van der Waals surface area contributed by atoms with Crippen LogP contribution in [0.15, 0.2) is 112 Å². The van der Waals surface area contributed by atoms with E-state index >= 15 is 0 Å². The summed E-state index contributed by atoms with van der Waals surface area (Å²) in [7, 11) is 0. The van der Waals surface area contributed by atoms with E-state index in [-0.39, 0.29) is 17.7 Å². The number of aliphatic imine (C=N–C) groups is 1. The number of nitrogens with zero attached hydrogens (tertiary/aromatic N) is 5. The van der Waals surface area contributed by atoms with Crippen LogP contribution in [0.5, 0.6) is 0 Å². The van der Waals surface area contributed by atoms with Crippen molar-refractivity contribution < 1.29 is 14.0 Å². The largest absolute Gasteiger partial charge is 0.370 e. The summed E-state index contributed by atoms with van der Waals surface area (Å²) in [5.41, 5.74) is 20.6. The maximum atomic E-state index is 13.7. The average molecular weight is 665 g/mol. The van der Waals surface area contributed by atoms with Gasteiger partial charge in [-0.25, -0.2) is 9.37 Å². The van der Waals surface area contributed by atoms with Crippen molar-refractivity contribution in [2.24, 2.45) is 22.2 Å². The van der Waals surface area contributed by atoms with Crippen LogP contribution in [0, 0.1) is 5.82 Å². The van der Waals surface area contributed by atoms with Gasteiger partial charge in [-0.05, 0) is 79.6 Å². The molecule has 0 saturated carbocycles. The van der Waals surface area contributed by atoms with Crippen LogP contribution in [0.2, 0.25) is 0 Å². The Balaban J connectivity index is 1.31. The Bertz CT molecular complexity index is 1940. The second-order valence-electron chi connectivity index (χ2n) is 11.6. The highest BCUT2D eigenvalue weighted by atomic mass is 32.2. The molecule has 1 aromatic heterocycles. The zero-order chi connectivity index (χ0) is 33.6. The zero-order valence-corrected chi connectivity index (χ0v) is 27.2. The molecule has 0 spiro atoms. The number of guanidine groups is 1. The normalized spacial score (nSPS) is 13.8. The van der Waals surface area contributed by atoms with Gasteiger partial charge in [-0.15, -0.1) is 0 Å². The van der Waals surface area contributed by atoms with E-state index in [2.05, 4.69) is 9.89 Å². The minimum atomic E-state index is -0.731. The number of imidazole rings is 1. The number of carbonyl (C=O) groups is 2. The summed E-state index contributed by atoms with van der Waals surface area (Å²) in [5, 5.41) is 0. The van der Waals surface area contributed by atoms with E-state index < -0.39 is 11.9 Å². The van der Waals surface area contributed by atoms with E-state index in [0.29, 0.717) is 68.0 Å². The van der Waals surface area contributed by atoms with Gasteiger partial charge in [0, 0.05) is 59.3 Å². The molecule has 1 aliphatic heterocycles. The fourth-order valence-corrected chi connectivity index (χ4v) is 6.87. The summed E-state index contributed by atoms with van der Waals surface area (Å²) in [6, 6.07) is 29.1. The molecule has 1 saturated heterocycles. The molecule has 4 aromatic carbocycles. The van der Waals surface area contributed by atoms with Crippen molar-refractivity contribution in [3.63, 3.8) is 0 Å². The van der Waals surface area contributed by atoms with Crippen molar-refractivity contribution in [1.82, 2.24) is 14.5 Å². The van der Waals surface area contributed by atoms with Crippen molar-refractivity contribution in [2.75, 3.05) is 37.6 Å². The number of benzene rings is 4. The fraction of sp³-hybridized carbons (Fsp3) is 0.222. The van der Waals surface area contributed by atoms with E-state index in [1.165, 1.54) is 12.1 Å². The summed E-state index contributed by atoms with van der Waals surface area (Å²) in [6.07, 6.45) is 0.914. The fourth-order valence-electron chi connectivity index (χ4n) is 5.97. The Hall–Kier alpha value is -5.36. The molecule has 5 aromatic rings. The molecule has 246 valence electrons. The molecule has 0 unspecified atom stereocenters. The van der Waals surface area contributed by atoms with Crippen molar-refractivity contribution >= 4 is 46.3 Å². The molecule has 10 nitrogen and oxygen atoms in total. The molecule has 12 heteroatoms. The minimum Gasteiger partial charge on any atom is -0.370 e. The molecule has 0 bridgehead atoms. The minimum absolute atomic E-state index is 0.0128. The number of hydrogen-bond donors (Lipinski definition) is 3. The van der Waals surface area contributed by atoms with Crippen LogP contribution >= 0.6 is 11.8 Å². The molecule has 6 rings (SSSR count). The van der Waals surface area contributed by atoms with Crippen molar-refractivity contribution in [2.45, 2.75) is 28.7 Å². The molecule has 6 N–H and O–H groups in total. The second-order valence-corrected chi connectivity index (χ2v) is 12.7. The van der Waals surface area contributed by atoms with Gasteiger partial charge in [-0.1, -0.05) is 42.1 Å². The van der Waals surface area contributed by atoms with Gasteiger partial charge >= 0.3 is 0 Å². The predicted octanol–water partition coefficient (Wildman–Crippen LogP) is 5.04. The standard InChI is InChI=1S/C36H37FN8O2S/c37-26-12-14-27(15-13-26)43-18-20-44(21-19-43)35(47)25-11-16-31-30(23-25)42-34(45(31)32(33(38)46)10-5-17-41-36(39)40)24-6-4-9-29(22-24)48-28-7-2-1-3-8-28/h1-4,6-9,11-16,22-23,32H,5,10,17-21H2,(H2,38,46)(H4,39,40,41)/t32-/m0/s1. The number of fused-ring (bicyclic) bond motifs is 1. The summed E-state index contributed by atoms with van der Waals surface area (Å²) >= 11 is 1.63. The number of piperazine rings is 1. The van der Waals surface area contributed by atoms with Gasteiger partial charge in [0.05, 0.1) is 11.0 Å². The number of carbonyl (C=O) groups excluding carboxylic acids is 2. The van der Waals surface area contributed by atoms with Gasteiger partial charge in [0.1, 0.15) is 17.7 Å². The molecular weight excluding hydrogens is 628 g/mol. The zero-order valence-electron chi connectivity index (χ0n) is 26.3. The van der Waals surface area contributed by atoms with Crippen molar-refractivity contribution in [3.05, 3.63) is 108 Å².